The Balaban J connectivity index is 1.65. The van der Waals surface area contributed by atoms with E-state index >= 15 is 0 Å². The average molecular weight is 476 g/mol. The first-order chi connectivity index (χ1) is 16.7. The number of carbonyl (C=O) groups is 3. The molecule has 0 unspecified atom stereocenters. The number of aromatic nitrogens is 1. The fourth-order valence-electron chi connectivity index (χ4n) is 4.59. The molecular formula is C27H33N5O3. The van der Waals surface area contributed by atoms with Crippen LogP contribution >= 0.6 is 0 Å². The van der Waals surface area contributed by atoms with E-state index in [0.717, 1.165) is 22.0 Å². The van der Waals surface area contributed by atoms with Crippen LogP contribution in [0.15, 0.2) is 54.7 Å². The maximum Gasteiger partial charge on any atom is 0.251 e. The molecule has 3 amide bonds. The predicted octanol–water partition coefficient (Wildman–Crippen LogP) is 2.95. The lowest BCUT2D eigenvalue weighted by atomic mass is 10.0. The lowest BCUT2D eigenvalue weighted by molar-refractivity contribution is -0.143. The Morgan fingerprint density at radius 1 is 1.00 bits per heavy atom. The van der Waals surface area contributed by atoms with Gasteiger partial charge in [0.2, 0.25) is 11.8 Å². The summed E-state index contributed by atoms with van der Waals surface area (Å²) in [5.74, 6) is -0.961. The number of nitrogens with zero attached hydrogens (tertiary/aromatic N) is 2. The molecule has 1 aliphatic rings. The topological polar surface area (TPSA) is 95.5 Å². The second-order valence-corrected chi connectivity index (χ2v) is 9.46. The van der Waals surface area contributed by atoms with E-state index in [-0.39, 0.29) is 23.6 Å². The Kier molecular flexibility index (Phi) is 6.93. The molecule has 184 valence electrons. The van der Waals surface area contributed by atoms with Crippen LogP contribution in [0.1, 0.15) is 37.9 Å². The number of hydrogen-bond acceptors (Lipinski definition) is 4. The highest BCUT2D eigenvalue weighted by molar-refractivity contribution is 6.05. The summed E-state index contributed by atoms with van der Waals surface area (Å²) in [7, 11) is 3.65. The minimum absolute atomic E-state index is 0.152. The molecular weight excluding hydrogens is 442 g/mol. The number of anilines is 1. The summed E-state index contributed by atoms with van der Waals surface area (Å²) in [4.78, 5) is 41.7. The quantitative estimate of drug-likeness (QED) is 0.490. The molecule has 0 saturated carbocycles. The first-order valence-electron chi connectivity index (χ1n) is 11.9. The number of likely N-dealkylation sites (N-methyl/N-ethyl adjacent to an activating group) is 1. The van der Waals surface area contributed by atoms with Gasteiger partial charge in [-0.05, 0) is 49.2 Å². The normalized spacial score (nSPS) is 16.7. The van der Waals surface area contributed by atoms with Gasteiger partial charge in [-0.2, -0.15) is 0 Å². The fourth-order valence-corrected chi connectivity index (χ4v) is 4.59. The zero-order valence-corrected chi connectivity index (χ0v) is 20.8. The van der Waals surface area contributed by atoms with Gasteiger partial charge in [-0.3, -0.25) is 14.4 Å². The number of hydrogen-bond donors (Lipinski definition) is 3. The van der Waals surface area contributed by atoms with Gasteiger partial charge in [-0.15, -0.1) is 0 Å². The van der Waals surface area contributed by atoms with Crippen molar-refractivity contribution in [1.82, 2.24) is 20.1 Å². The molecule has 0 bridgehead atoms. The summed E-state index contributed by atoms with van der Waals surface area (Å²) in [6.07, 6.45) is 1.95. The molecule has 1 aromatic heterocycles. The Hall–Kier alpha value is -3.65. The van der Waals surface area contributed by atoms with E-state index in [1.807, 2.05) is 80.2 Å². The Morgan fingerprint density at radius 2 is 1.74 bits per heavy atom. The molecule has 35 heavy (non-hydrogen) atoms. The van der Waals surface area contributed by atoms with Gasteiger partial charge in [0, 0.05) is 30.7 Å². The predicted molar refractivity (Wildman–Crippen MR) is 137 cm³/mol. The molecule has 3 atom stereocenters. The molecule has 8 nitrogen and oxygen atoms in total. The standard InChI is InChI=1S/C27H33N5O3/c1-16(2)23(30-25(33)17(3)28-4)27(35)32-15-18-9-6-7-10-19(18)24(32)26(34)29-21-11-8-12-22-20(21)13-14-31(22)5/h6-14,16-17,23-24,28H,15H2,1-5H3,(H,29,34)(H,30,33)/t17-,23-,24-/m0/s1. The number of rotatable bonds is 7. The zero-order chi connectivity index (χ0) is 25.3. The van der Waals surface area contributed by atoms with Crippen LogP contribution in [-0.2, 0) is 28.0 Å². The Bertz CT molecular complexity index is 1260. The third-order valence-electron chi connectivity index (χ3n) is 6.78. The maximum atomic E-state index is 13.8. The Morgan fingerprint density at radius 3 is 2.46 bits per heavy atom. The van der Waals surface area contributed by atoms with Crippen molar-refractivity contribution in [3.05, 3.63) is 65.9 Å². The van der Waals surface area contributed by atoms with Crippen LogP contribution in [-0.4, -0.2) is 46.3 Å². The number of aryl methyl sites for hydroxylation is 1. The van der Waals surface area contributed by atoms with Crippen molar-refractivity contribution in [2.24, 2.45) is 13.0 Å². The van der Waals surface area contributed by atoms with Gasteiger partial charge < -0.3 is 25.4 Å². The van der Waals surface area contributed by atoms with Gasteiger partial charge in [-0.25, -0.2) is 0 Å². The highest BCUT2D eigenvalue weighted by atomic mass is 16.2. The highest BCUT2D eigenvalue weighted by Crippen LogP contribution is 2.36. The third kappa shape index (κ3) is 4.66. The largest absolute Gasteiger partial charge is 0.350 e. The first-order valence-corrected chi connectivity index (χ1v) is 11.9. The van der Waals surface area contributed by atoms with Crippen molar-refractivity contribution in [2.45, 2.75) is 45.4 Å². The SMILES string of the molecule is CN[C@@H](C)C(=O)N[C@H](C(=O)N1Cc2ccccc2[C@H]1C(=O)Nc1cccc2c1ccn2C)C(C)C. The number of fused-ring (bicyclic) bond motifs is 2. The molecule has 0 spiro atoms. The van der Waals surface area contributed by atoms with Crippen molar-refractivity contribution < 1.29 is 14.4 Å². The van der Waals surface area contributed by atoms with Crippen LogP contribution in [0.5, 0.6) is 0 Å². The smallest absolute Gasteiger partial charge is 0.251 e. The van der Waals surface area contributed by atoms with Crippen molar-refractivity contribution in [3.63, 3.8) is 0 Å². The number of amides is 3. The second-order valence-electron chi connectivity index (χ2n) is 9.46. The van der Waals surface area contributed by atoms with Gasteiger partial charge in [0.05, 0.1) is 11.7 Å². The molecule has 0 aliphatic carbocycles. The molecule has 1 aliphatic heterocycles. The minimum atomic E-state index is -0.794. The summed E-state index contributed by atoms with van der Waals surface area (Å²) >= 11 is 0. The van der Waals surface area contributed by atoms with E-state index in [2.05, 4.69) is 16.0 Å². The van der Waals surface area contributed by atoms with Crippen molar-refractivity contribution in [1.29, 1.82) is 0 Å². The van der Waals surface area contributed by atoms with Gasteiger partial charge in [0.1, 0.15) is 12.1 Å². The van der Waals surface area contributed by atoms with Gasteiger partial charge >= 0.3 is 0 Å². The van der Waals surface area contributed by atoms with Gasteiger partial charge in [-0.1, -0.05) is 44.2 Å². The summed E-state index contributed by atoms with van der Waals surface area (Å²) in [5, 5.41) is 9.77. The van der Waals surface area contributed by atoms with E-state index < -0.39 is 18.1 Å². The molecule has 0 fully saturated rings. The highest BCUT2D eigenvalue weighted by Gasteiger charge is 2.42. The van der Waals surface area contributed by atoms with Crippen LogP contribution < -0.4 is 16.0 Å². The lowest BCUT2D eigenvalue weighted by Gasteiger charge is -2.31. The van der Waals surface area contributed by atoms with Gasteiger partial charge in [0.15, 0.2) is 0 Å². The van der Waals surface area contributed by atoms with Crippen molar-refractivity contribution in [2.75, 3.05) is 12.4 Å². The number of carbonyl (C=O) groups excluding carboxylic acids is 3. The monoisotopic (exact) mass is 475 g/mol. The molecule has 2 aromatic carbocycles. The van der Waals surface area contributed by atoms with E-state index in [1.54, 1.807) is 18.9 Å². The number of benzene rings is 2. The van der Waals surface area contributed by atoms with Crippen LogP contribution in [0.2, 0.25) is 0 Å². The fraction of sp³-hybridized carbons (Fsp3) is 0.370. The maximum absolute atomic E-state index is 13.8. The molecule has 3 N–H and O–H groups in total. The first kappa shape index (κ1) is 24.5. The molecule has 8 heteroatoms. The second kappa shape index (κ2) is 9.92. The zero-order valence-electron chi connectivity index (χ0n) is 20.8. The van der Waals surface area contributed by atoms with E-state index in [4.69, 9.17) is 0 Å². The summed E-state index contributed by atoms with van der Waals surface area (Å²) in [6.45, 7) is 5.83. The van der Waals surface area contributed by atoms with E-state index in [9.17, 15) is 14.4 Å². The molecule has 4 rings (SSSR count). The Labute approximate surface area is 205 Å². The summed E-state index contributed by atoms with van der Waals surface area (Å²) < 4.78 is 1.99. The van der Waals surface area contributed by atoms with Crippen LogP contribution in [0.25, 0.3) is 10.9 Å². The molecule has 2 heterocycles. The summed E-state index contributed by atoms with van der Waals surface area (Å²) in [6, 6.07) is 13.3. The van der Waals surface area contributed by atoms with Crippen LogP contribution in [0.3, 0.4) is 0 Å². The van der Waals surface area contributed by atoms with Crippen LogP contribution in [0.4, 0.5) is 5.69 Å². The van der Waals surface area contributed by atoms with E-state index in [0.29, 0.717) is 12.2 Å². The minimum Gasteiger partial charge on any atom is -0.350 e. The molecule has 0 saturated heterocycles. The summed E-state index contributed by atoms with van der Waals surface area (Å²) in [5.41, 5.74) is 3.43. The lowest BCUT2D eigenvalue weighted by Crippen LogP contribution is -2.55. The molecule has 3 aromatic rings. The molecule has 0 radical (unpaired) electrons. The van der Waals surface area contributed by atoms with Gasteiger partial charge in [0.25, 0.3) is 5.91 Å². The number of nitrogens with one attached hydrogen (secondary N) is 3. The van der Waals surface area contributed by atoms with Crippen molar-refractivity contribution >= 4 is 34.3 Å². The third-order valence-corrected chi connectivity index (χ3v) is 6.78. The van der Waals surface area contributed by atoms with E-state index in [1.165, 1.54) is 0 Å². The van der Waals surface area contributed by atoms with Crippen molar-refractivity contribution in [3.8, 4) is 0 Å². The van der Waals surface area contributed by atoms with Crippen LogP contribution in [0, 0.1) is 5.92 Å². The average Bonchev–Trinajstić information content (AvgIpc) is 3.42.